The first-order chi connectivity index (χ1) is 9.73. The van der Waals surface area contributed by atoms with E-state index in [1.54, 1.807) is 0 Å². The van der Waals surface area contributed by atoms with E-state index >= 15 is 0 Å². The van der Waals surface area contributed by atoms with Crippen molar-refractivity contribution in [2.75, 3.05) is 13.1 Å². The summed E-state index contributed by atoms with van der Waals surface area (Å²) in [7, 11) is -3.87. The van der Waals surface area contributed by atoms with Gasteiger partial charge in [-0.2, -0.15) is 4.31 Å². The molecule has 0 saturated carbocycles. The SMILES string of the molecule is O=C(O)c1cc(S(=O)(=O)N2CCC[C@H](O)C2)cc(Br)c1Cl. The maximum Gasteiger partial charge on any atom is 0.337 e. The van der Waals surface area contributed by atoms with Crippen LogP contribution in [-0.2, 0) is 10.0 Å². The molecule has 6 nitrogen and oxygen atoms in total. The van der Waals surface area contributed by atoms with E-state index in [9.17, 15) is 18.3 Å². The third-order valence-electron chi connectivity index (χ3n) is 3.23. The highest BCUT2D eigenvalue weighted by Gasteiger charge is 2.31. The van der Waals surface area contributed by atoms with Crippen molar-refractivity contribution >= 4 is 43.5 Å². The zero-order valence-electron chi connectivity index (χ0n) is 10.8. The molecular weight excluding hydrogens is 386 g/mol. The molecule has 2 rings (SSSR count). The minimum absolute atomic E-state index is 0.00494. The van der Waals surface area contributed by atoms with Crippen molar-refractivity contribution in [3.8, 4) is 0 Å². The van der Waals surface area contributed by atoms with Crippen LogP contribution in [0.5, 0.6) is 0 Å². The van der Waals surface area contributed by atoms with Crippen LogP contribution in [0.15, 0.2) is 21.5 Å². The number of carboxylic acid groups (broad SMARTS) is 1. The average Bonchev–Trinajstić information content (AvgIpc) is 2.41. The van der Waals surface area contributed by atoms with Crippen LogP contribution in [0, 0.1) is 0 Å². The molecule has 21 heavy (non-hydrogen) atoms. The number of sulfonamides is 1. The molecular formula is C12H13BrClNO5S. The summed E-state index contributed by atoms with van der Waals surface area (Å²) in [5.74, 6) is -1.31. The summed E-state index contributed by atoms with van der Waals surface area (Å²) in [5.41, 5.74) is -0.290. The molecule has 1 aliphatic heterocycles. The van der Waals surface area contributed by atoms with E-state index in [1.807, 2.05) is 0 Å². The smallest absolute Gasteiger partial charge is 0.337 e. The Kier molecular flexibility index (Phi) is 4.94. The Morgan fingerprint density at radius 1 is 1.43 bits per heavy atom. The number of carbonyl (C=O) groups is 1. The Morgan fingerprint density at radius 3 is 2.67 bits per heavy atom. The maximum atomic E-state index is 12.5. The highest BCUT2D eigenvalue weighted by atomic mass is 79.9. The summed E-state index contributed by atoms with van der Waals surface area (Å²) in [6.45, 7) is 0.299. The number of aliphatic hydroxyl groups is 1. The van der Waals surface area contributed by atoms with E-state index in [4.69, 9.17) is 16.7 Å². The number of hydrogen-bond donors (Lipinski definition) is 2. The Bertz CT molecular complexity index is 678. The molecule has 1 saturated heterocycles. The summed E-state index contributed by atoms with van der Waals surface area (Å²) in [4.78, 5) is 11.0. The van der Waals surface area contributed by atoms with Gasteiger partial charge in [0.2, 0.25) is 10.0 Å². The largest absolute Gasteiger partial charge is 0.478 e. The molecule has 1 heterocycles. The quantitative estimate of drug-likeness (QED) is 0.811. The van der Waals surface area contributed by atoms with Gasteiger partial charge in [0, 0.05) is 17.6 Å². The van der Waals surface area contributed by atoms with E-state index < -0.39 is 22.1 Å². The van der Waals surface area contributed by atoms with Crippen molar-refractivity contribution in [1.82, 2.24) is 4.31 Å². The lowest BCUT2D eigenvalue weighted by Crippen LogP contribution is -2.42. The second-order valence-electron chi connectivity index (χ2n) is 4.73. The molecule has 0 radical (unpaired) electrons. The third-order valence-corrected chi connectivity index (χ3v) is 6.33. The number of hydrogen-bond acceptors (Lipinski definition) is 4. The van der Waals surface area contributed by atoms with Crippen LogP contribution in [0.1, 0.15) is 23.2 Å². The zero-order valence-corrected chi connectivity index (χ0v) is 13.9. The molecule has 1 aliphatic rings. The average molecular weight is 399 g/mol. The van der Waals surface area contributed by atoms with E-state index in [2.05, 4.69) is 15.9 Å². The van der Waals surface area contributed by atoms with Crippen molar-refractivity contribution in [2.45, 2.75) is 23.8 Å². The number of piperidine rings is 1. The summed E-state index contributed by atoms with van der Waals surface area (Å²) >= 11 is 8.91. The second-order valence-corrected chi connectivity index (χ2v) is 7.90. The number of nitrogens with zero attached hydrogens (tertiary/aromatic N) is 1. The van der Waals surface area contributed by atoms with Crippen LogP contribution in [0.25, 0.3) is 0 Å². The lowest BCUT2D eigenvalue weighted by Gasteiger charge is -2.29. The van der Waals surface area contributed by atoms with Gasteiger partial charge >= 0.3 is 5.97 Å². The van der Waals surface area contributed by atoms with Crippen molar-refractivity contribution in [1.29, 1.82) is 0 Å². The summed E-state index contributed by atoms with van der Waals surface area (Å²) < 4.78 is 26.4. The van der Waals surface area contributed by atoms with Crippen molar-refractivity contribution < 1.29 is 23.4 Å². The predicted octanol–water partition coefficient (Wildman–Crippen LogP) is 1.95. The molecule has 9 heteroatoms. The number of β-amino-alcohol motifs (C(OH)–C–C–N with tert-alkyl or cyclic N) is 1. The summed E-state index contributed by atoms with van der Waals surface area (Å²) in [6, 6.07) is 2.30. The molecule has 1 fully saturated rings. The Balaban J connectivity index is 2.47. The highest BCUT2D eigenvalue weighted by Crippen LogP contribution is 2.31. The number of halogens is 2. The fourth-order valence-electron chi connectivity index (χ4n) is 2.16. The molecule has 0 spiro atoms. The topological polar surface area (TPSA) is 94.9 Å². The number of carboxylic acids is 1. The Labute approximate surface area is 135 Å². The minimum Gasteiger partial charge on any atom is -0.478 e. The van der Waals surface area contributed by atoms with Gasteiger partial charge in [-0.1, -0.05) is 11.6 Å². The summed E-state index contributed by atoms with van der Waals surface area (Å²) in [6.07, 6.45) is 0.403. The molecule has 0 aromatic heterocycles. The van der Waals surface area contributed by atoms with E-state index in [1.165, 1.54) is 6.07 Å². The molecule has 0 aliphatic carbocycles. The van der Waals surface area contributed by atoms with Crippen LogP contribution in [0.2, 0.25) is 5.02 Å². The van der Waals surface area contributed by atoms with Gasteiger partial charge in [-0.05, 0) is 40.9 Å². The van der Waals surface area contributed by atoms with Crippen LogP contribution in [-0.4, -0.2) is 48.1 Å². The third kappa shape index (κ3) is 3.40. The van der Waals surface area contributed by atoms with Crippen molar-refractivity contribution in [2.24, 2.45) is 0 Å². The monoisotopic (exact) mass is 397 g/mol. The maximum absolute atomic E-state index is 12.5. The van der Waals surface area contributed by atoms with Crippen molar-refractivity contribution in [3.05, 3.63) is 27.2 Å². The number of aliphatic hydroxyl groups excluding tert-OH is 1. The van der Waals surface area contributed by atoms with Gasteiger partial charge in [-0.15, -0.1) is 0 Å². The molecule has 116 valence electrons. The number of aromatic carboxylic acids is 1. The lowest BCUT2D eigenvalue weighted by molar-refractivity contribution is 0.0696. The van der Waals surface area contributed by atoms with Crippen LogP contribution in [0.3, 0.4) is 0 Å². The van der Waals surface area contributed by atoms with Crippen molar-refractivity contribution in [3.63, 3.8) is 0 Å². The molecule has 2 N–H and O–H groups in total. The molecule has 0 amide bonds. The van der Waals surface area contributed by atoms with E-state index in [0.29, 0.717) is 19.4 Å². The first-order valence-electron chi connectivity index (χ1n) is 6.14. The van der Waals surface area contributed by atoms with E-state index in [0.717, 1.165) is 10.4 Å². The fourth-order valence-corrected chi connectivity index (χ4v) is 4.53. The lowest BCUT2D eigenvalue weighted by atomic mass is 10.1. The first-order valence-corrected chi connectivity index (χ1v) is 8.75. The van der Waals surface area contributed by atoms with Gasteiger partial charge in [0.05, 0.1) is 21.6 Å². The van der Waals surface area contributed by atoms with Gasteiger partial charge in [-0.25, -0.2) is 13.2 Å². The highest BCUT2D eigenvalue weighted by molar-refractivity contribution is 9.10. The van der Waals surface area contributed by atoms with Gasteiger partial charge in [-0.3, -0.25) is 0 Å². The normalized spacial score (nSPS) is 20.4. The molecule has 1 atom stereocenters. The van der Waals surface area contributed by atoms with Gasteiger partial charge in [0.25, 0.3) is 0 Å². The standard InChI is InChI=1S/C12H13BrClNO5S/c13-10-5-8(4-9(11(10)14)12(17)18)21(19,20)15-3-1-2-7(16)6-15/h4-5,7,16H,1-3,6H2,(H,17,18)/t7-/m0/s1. The van der Waals surface area contributed by atoms with Gasteiger partial charge < -0.3 is 10.2 Å². The van der Waals surface area contributed by atoms with E-state index in [-0.39, 0.29) is 26.5 Å². The number of rotatable bonds is 3. The second kappa shape index (κ2) is 6.21. The molecule has 0 unspecified atom stereocenters. The Morgan fingerprint density at radius 2 is 2.10 bits per heavy atom. The Hall–Kier alpha value is -0.670. The number of benzene rings is 1. The minimum atomic E-state index is -3.87. The van der Waals surface area contributed by atoms with Crippen LogP contribution < -0.4 is 0 Å². The molecule has 0 bridgehead atoms. The fraction of sp³-hybridized carbons (Fsp3) is 0.417. The van der Waals surface area contributed by atoms with Gasteiger partial charge in [0.15, 0.2) is 0 Å². The van der Waals surface area contributed by atoms with Gasteiger partial charge in [0.1, 0.15) is 0 Å². The first kappa shape index (κ1) is 16.7. The molecule has 1 aromatic carbocycles. The predicted molar refractivity (Wildman–Crippen MR) is 80.1 cm³/mol. The zero-order chi connectivity index (χ0) is 15.8. The van der Waals surface area contributed by atoms with Crippen LogP contribution in [0.4, 0.5) is 0 Å². The summed E-state index contributed by atoms with van der Waals surface area (Å²) in [5, 5.41) is 18.6. The molecule has 1 aromatic rings. The van der Waals surface area contributed by atoms with Crippen LogP contribution >= 0.6 is 27.5 Å².